The van der Waals surface area contributed by atoms with Crippen molar-refractivity contribution in [2.75, 3.05) is 0 Å². The molecule has 1 aliphatic heterocycles. The number of hydrogen-bond acceptors (Lipinski definition) is 2. The average Bonchev–Trinajstić information content (AvgIpc) is 2.55. The van der Waals surface area contributed by atoms with E-state index in [0.717, 1.165) is 19.4 Å². The Kier molecular flexibility index (Phi) is 4.59. The van der Waals surface area contributed by atoms with Gasteiger partial charge in [0.25, 0.3) is 0 Å². The summed E-state index contributed by atoms with van der Waals surface area (Å²) >= 11 is 0. The van der Waals surface area contributed by atoms with Crippen molar-refractivity contribution in [2.45, 2.75) is 64.1 Å². The third-order valence-electron chi connectivity index (χ3n) is 5.16. The lowest BCUT2D eigenvalue weighted by Crippen LogP contribution is -2.52. The molecule has 0 bridgehead atoms. The number of amides is 1. The molecule has 3 atom stereocenters. The molecule has 0 aromatic heterocycles. The van der Waals surface area contributed by atoms with E-state index < -0.39 is 0 Å². The second-order valence-corrected chi connectivity index (χ2v) is 6.47. The highest BCUT2D eigenvalue weighted by molar-refractivity contribution is 5.82. The van der Waals surface area contributed by atoms with Gasteiger partial charge in [0.15, 0.2) is 0 Å². The molecule has 1 aromatic rings. The summed E-state index contributed by atoms with van der Waals surface area (Å²) in [7, 11) is 0. The van der Waals surface area contributed by atoms with Gasteiger partial charge in [-0.3, -0.25) is 4.79 Å². The first kappa shape index (κ1) is 14.6. The van der Waals surface area contributed by atoms with E-state index in [1.165, 1.54) is 36.8 Å². The molecule has 0 saturated heterocycles. The van der Waals surface area contributed by atoms with E-state index >= 15 is 0 Å². The predicted molar refractivity (Wildman–Crippen MR) is 85.0 cm³/mol. The van der Waals surface area contributed by atoms with Crippen molar-refractivity contribution in [2.24, 2.45) is 5.92 Å². The molecule has 3 rings (SSSR count). The Morgan fingerprint density at radius 1 is 1.24 bits per heavy atom. The van der Waals surface area contributed by atoms with E-state index in [-0.39, 0.29) is 11.9 Å². The summed E-state index contributed by atoms with van der Waals surface area (Å²) in [5.41, 5.74) is 2.64. The molecule has 1 fully saturated rings. The first-order chi connectivity index (χ1) is 10.3. The Morgan fingerprint density at radius 2 is 2.00 bits per heavy atom. The van der Waals surface area contributed by atoms with Crippen molar-refractivity contribution in [1.29, 1.82) is 0 Å². The molecule has 2 N–H and O–H groups in total. The second-order valence-electron chi connectivity index (χ2n) is 6.47. The lowest BCUT2D eigenvalue weighted by atomic mass is 9.82. The third kappa shape index (κ3) is 3.29. The predicted octanol–water partition coefficient (Wildman–Crippen LogP) is 2.79. The number of carbonyl (C=O) groups is 1. The number of carbonyl (C=O) groups excluding carboxylic acids is 1. The van der Waals surface area contributed by atoms with E-state index in [1.807, 2.05) is 0 Å². The van der Waals surface area contributed by atoms with Crippen molar-refractivity contribution in [3.8, 4) is 0 Å². The molecular weight excluding hydrogens is 260 g/mol. The zero-order valence-electron chi connectivity index (χ0n) is 12.9. The van der Waals surface area contributed by atoms with Gasteiger partial charge in [0.1, 0.15) is 0 Å². The van der Waals surface area contributed by atoms with Crippen LogP contribution in [0.2, 0.25) is 0 Å². The maximum Gasteiger partial charge on any atom is 0.237 e. The highest BCUT2D eigenvalue weighted by atomic mass is 16.2. The zero-order valence-corrected chi connectivity index (χ0v) is 12.9. The molecule has 0 radical (unpaired) electrons. The van der Waals surface area contributed by atoms with Gasteiger partial charge in [-0.25, -0.2) is 0 Å². The van der Waals surface area contributed by atoms with E-state index in [4.69, 9.17) is 0 Å². The molecule has 114 valence electrons. The van der Waals surface area contributed by atoms with Crippen LogP contribution in [0.3, 0.4) is 0 Å². The van der Waals surface area contributed by atoms with Crippen LogP contribution < -0.4 is 10.6 Å². The van der Waals surface area contributed by atoms with Gasteiger partial charge in [-0.2, -0.15) is 0 Å². The number of fused-ring (bicyclic) bond motifs is 1. The van der Waals surface area contributed by atoms with Gasteiger partial charge in [0.2, 0.25) is 5.91 Å². The summed E-state index contributed by atoms with van der Waals surface area (Å²) in [6, 6.07) is 8.73. The first-order valence-electron chi connectivity index (χ1n) is 8.38. The number of rotatable bonds is 3. The lowest BCUT2D eigenvalue weighted by molar-refractivity contribution is -0.124. The van der Waals surface area contributed by atoms with Crippen LogP contribution in [-0.2, 0) is 17.8 Å². The molecule has 3 nitrogen and oxygen atoms in total. The first-order valence-corrected chi connectivity index (χ1v) is 8.38. The number of nitrogens with one attached hydrogen (secondary N) is 2. The van der Waals surface area contributed by atoms with Crippen LogP contribution in [0.5, 0.6) is 0 Å². The van der Waals surface area contributed by atoms with Gasteiger partial charge in [0.05, 0.1) is 6.04 Å². The molecule has 3 heteroatoms. The van der Waals surface area contributed by atoms with Gasteiger partial charge >= 0.3 is 0 Å². The SMILES string of the molecule is CCC1CCCCC1NC(=O)C1Cc2ccccc2CN1. The Balaban J connectivity index is 1.61. The third-order valence-corrected chi connectivity index (χ3v) is 5.16. The summed E-state index contributed by atoms with van der Waals surface area (Å²) in [6.45, 7) is 3.04. The van der Waals surface area contributed by atoms with Crippen molar-refractivity contribution in [3.63, 3.8) is 0 Å². The largest absolute Gasteiger partial charge is 0.352 e. The van der Waals surface area contributed by atoms with E-state index in [0.29, 0.717) is 12.0 Å². The summed E-state index contributed by atoms with van der Waals surface area (Å²) in [5.74, 6) is 0.855. The summed E-state index contributed by atoms with van der Waals surface area (Å²) in [5, 5.41) is 6.70. The number of benzene rings is 1. The zero-order chi connectivity index (χ0) is 14.7. The monoisotopic (exact) mass is 286 g/mol. The molecule has 3 unspecified atom stereocenters. The van der Waals surface area contributed by atoms with Crippen molar-refractivity contribution >= 4 is 5.91 Å². The molecule has 1 saturated carbocycles. The van der Waals surface area contributed by atoms with Crippen molar-refractivity contribution in [3.05, 3.63) is 35.4 Å². The summed E-state index contributed by atoms with van der Waals surface area (Å²) in [4.78, 5) is 12.6. The summed E-state index contributed by atoms with van der Waals surface area (Å²) in [6.07, 6.45) is 6.97. The van der Waals surface area contributed by atoms with Crippen molar-refractivity contribution in [1.82, 2.24) is 10.6 Å². The highest BCUT2D eigenvalue weighted by Gasteiger charge is 2.29. The fourth-order valence-corrected chi connectivity index (χ4v) is 3.81. The smallest absolute Gasteiger partial charge is 0.237 e. The molecule has 1 amide bonds. The Labute approximate surface area is 127 Å². The molecule has 1 aromatic carbocycles. The molecule has 21 heavy (non-hydrogen) atoms. The number of hydrogen-bond donors (Lipinski definition) is 2. The average molecular weight is 286 g/mol. The van der Waals surface area contributed by atoms with E-state index in [2.05, 4.69) is 41.8 Å². The standard InChI is InChI=1S/C18H26N2O/c1-2-13-7-5-6-10-16(13)20-18(21)17-11-14-8-3-4-9-15(14)12-19-17/h3-4,8-9,13,16-17,19H,2,5-7,10-12H2,1H3,(H,20,21). The lowest BCUT2D eigenvalue weighted by Gasteiger charge is -2.33. The maximum atomic E-state index is 12.6. The molecule has 1 heterocycles. The van der Waals surface area contributed by atoms with Gasteiger partial charge in [-0.15, -0.1) is 0 Å². The van der Waals surface area contributed by atoms with Gasteiger partial charge in [-0.05, 0) is 36.3 Å². The van der Waals surface area contributed by atoms with Crippen LogP contribution >= 0.6 is 0 Å². The highest BCUT2D eigenvalue weighted by Crippen LogP contribution is 2.27. The van der Waals surface area contributed by atoms with E-state index in [9.17, 15) is 4.79 Å². The Morgan fingerprint density at radius 3 is 2.81 bits per heavy atom. The van der Waals surface area contributed by atoms with Crippen LogP contribution in [0.15, 0.2) is 24.3 Å². The molecule has 0 spiro atoms. The molecule has 2 aliphatic rings. The van der Waals surface area contributed by atoms with E-state index in [1.54, 1.807) is 0 Å². The van der Waals surface area contributed by atoms with Gasteiger partial charge in [0, 0.05) is 12.6 Å². The van der Waals surface area contributed by atoms with Crippen LogP contribution in [0.1, 0.15) is 50.2 Å². The maximum absolute atomic E-state index is 12.6. The Bertz CT molecular complexity index is 500. The summed E-state index contributed by atoms with van der Waals surface area (Å²) < 4.78 is 0. The minimum Gasteiger partial charge on any atom is -0.352 e. The normalized spacial score (nSPS) is 28.7. The van der Waals surface area contributed by atoms with Gasteiger partial charge < -0.3 is 10.6 Å². The van der Waals surface area contributed by atoms with Crippen molar-refractivity contribution < 1.29 is 4.79 Å². The second kappa shape index (κ2) is 6.61. The van der Waals surface area contributed by atoms with Gasteiger partial charge in [-0.1, -0.05) is 50.5 Å². The fraction of sp³-hybridized carbons (Fsp3) is 0.611. The van der Waals surface area contributed by atoms with Crippen LogP contribution in [0.25, 0.3) is 0 Å². The Hall–Kier alpha value is -1.35. The van der Waals surface area contributed by atoms with Crippen LogP contribution in [0.4, 0.5) is 0 Å². The minimum absolute atomic E-state index is 0.0701. The minimum atomic E-state index is -0.0701. The van der Waals surface area contributed by atoms with Crippen LogP contribution in [-0.4, -0.2) is 18.0 Å². The topological polar surface area (TPSA) is 41.1 Å². The fourth-order valence-electron chi connectivity index (χ4n) is 3.81. The van der Waals surface area contributed by atoms with Crippen LogP contribution in [0, 0.1) is 5.92 Å². The molecular formula is C18H26N2O. The quantitative estimate of drug-likeness (QED) is 0.897. The molecule has 1 aliphatic carbocycles.